The first-order valence-electron chi connectivity index (χ1n) is 14.0. The number of fused-ring (bicyclic) bond motifs is 6. The van der Waals surface area contributed by atoms with Gasteiger partial charge in [-0.1, -0.05) is 36.4 Å². The third-order valence-corrected chi connectivity index (χ3v) is 7.44. The number of aromatic nitrogens is 9. The summed E-state index contributed by atoms with van der Waals surface area (Å²) in [6.07, 6.45) is 0. The fourth-order valence-corrected chi connectivity index (χ4v) is 5.35. The highest BCUT2D eigenvalue weighted by atomic mass is 16.4. The van der Waals surface area contributed by atoms with Gasteiger partial charge in [-0.2, -0.15) is 15.0 Å². The Balaban J connectivity index is 1.18. The molecule has 0 N–H and O–H groups in total. The maximum Gasteiger partial charge on any atom is 0.267 e. The van der Waals surface area contributed by atoms with Crippen molar-refractivity contribution >= 4 is 67.2 Å². The van der Waals surface area contributed by atoms with Gasteiger partial charge < -0.3 is 13.3 Å². The summed E-state index contributed by atoms with van der Waals surface area (Å²) in [5.41, 5.74) is 8.22. The Labute approximate surface area is 250 Å². The fourth-order valence-electron chi connectivity index (χ4n) is 5.35. The summed E-state index contributed by atoms with van der Waals surface area (Å²) >= 11 is 0. The molecular weight excluding hydrogens is 570 g/mol. The molecule has 0 radical (unpaired) electrons. The second-order valence-corrected chi connectivity index (χ2v) is 10.4. The van der Waals surface area contributed by atoms with Crippen LogP contribution in [0.3, 0.4) is 0 Å². The molecule has 0 aliphatic heterocycles. The van der Waals surface area contributed by atoms with Crippen molar-refractivity contribution in [2.75, 3.05) is 0 Å². The molecule has 12 heteroatoms. The van der Waals surface area contributed by atoms with Crippen molar-refractivity contribution < 1.29 is 13.3 Å². The normalized spacial score (nSPS) is 12.0. The van der Waals surface area contributed by atoms with Crippen LogP contribution in [0.2, 0.25) is 0 Å². The summed E-state index contributed by atoms with van der Waals surface area (Å²) in [7, 11) is 0. The lowest BCUT2D eigenvalue weighted by Gasteiger charge is -2.03. The Kier molecular flexibility index (Phi) is 4.72. The number of oxazole rings is 3. The molecule has 4 aromatic carbocycles. The van der Waals surface area contributed by atoms with E-state index in [9.17, 15) is 0 Å². The van der Waals surface area contributed by atoms with E-state index >= 15 is 0 Å². The van der Waals surface area contributed by atoms with E-state index in [-0.39, 0.29) is 0 Å². The zero-order valence-electron chi connectivity index (χ0n) is 22.9. The Morgan fingerprint density at radius 2 is 0.578 bits per heavy atom. The maximum absolute atomic E-state index is 6.13. The summed E-state index contributed by atoms with van der Waals surface area (Å²) < 4.78 is 18.4. The smallest absolute Gasteiger partial charge is 0.267 e. The van der Waals surface area contributed by atoms with Crippen LogP contribution in [-0.4, -0.2) is 44.9 Å². The molecular formula is C33H15N9O3. The topological polar surface area (TPSA) is 155 Å². The molecule has 0 aliphatic carbocycles. The van der Waals surface area contributed by atoms with E-state index in [4.69, 9.17) is 13.3 Å². The van der Waals surface area contributed by atoms with Gasteiger partial charge in [0.2, 0.25) is 34.6 Å². The van der Waals surface area contributed by atoms with Crippen LogP contribution in [0.25, 0.3) is 102 Å². The molecule has 210 valence electrons. The van der Waals surface area contributed by atoms with Crippen molar-refractivity contribution in [2.24, 2.45) is 0 Å². The largest absolute Gasteiger partial charge is 0.416 e. The quantitative estimate of drug-likeness (QED) is 0.211. The molecule has 10 rings (SSSR count). The number of nitrogens with zero attached hydrogens (tertiary/aromatic N) is 9. The lowest BCUT2D eigenvalue weighted by atomic mass is 10.1. The number of benzene rings is 4. The van der Waals surface area contributed by atoms with Crippen LogP contribution >= 0.6 is 0 Å². The Morgan fingerprint density at radius 3 is 0.867 bits per heavy atom. The van der Waals surface area contributed by atoms with Crippen LogP contribution in [-0.2, 0) is 0 Å². The van der Waals surface area contributed by atoms with Gasteiger partial charge in [0, 0.05) is 16.7 Å². The first kappa shape index (κ1) is 23.8. The SMILES string of the molecule is c1ccc2nc3oc(-c4cc(-c5nc6nc7ccccc7nc6o5)cc(-c5nc6nc7ccccc7nc6o5)c4)nc3nc2c1. The van der Waals surface area contributed by atoms with Crippen molar-refractivity contribution in [3.05, 3.63) is 91.0 Å². The Bertz CT molecular complexity index is 2330. The van der Waals surface area contributed by atoms with Gasteiger partial charge >= 0.3 is 0 Å². The van der Waals surface area contributed by atoms with Gasteiger partial charge in [0.15, 0.2) is 0 Å². The zero-order chi connectivity index (χ0) is 29.5. The molecule has 0 saturated carbocycles. The van der Waals surface area contributed by atoms with Gasteiger partial charge in [-0.25, -0.2) is 29.9 Å². The Hall–Kier alpha value is -6.69. The highest BCUT2D eigenvalue weighted by Crippen LogP contribution is 2.35. The molecule has 0 bridgehead atoms. The van der Waals surface area contributed by atoms with Gasteiger partial charge in [-0.05, 0) is 54.6 Å². The summed E-state index contributed by atoms with van der Waals surface area (Å²) in [5, 5.41) is 0. The lowest BCUT2D eigenvalue weighted by Crippen LogP contribution is -1.87. The van der Waals surface area contributed by atoms with Crippen LogP contribution in [0.5, 0.6) is 0 Å². The van der Waals surface area contributed by atoms with Gasteiger partial charge in [0.25, 0.3) is 17.1 Å². The summed E-state index contributed by atoms with van der Waals surface area (Å²) in [5.74, 6) is 0.916. The predicted molar refractivity (Wildman–Crippen MR) is 165 cm³/mol. The maximum atomic E-state index is 6.13. The second-order valence-electron chi connectivity index (χ2n) is 10.4. The second kappa shape index (κ2) is 8.91. The van der Waals surface area contributed by atoms with Crippen molar-refractivity contribution in [1.82, 2.24) is 44.9 Å². The van der Waals surface area contributed by atoms with Crippen LogP contribution in [0.15, 0.2) is 104 Å². The van der Waals surface area contributed by atoms with E-state index in [0.717, 1.165) is 16.6 Å². The zero-order valence-corrected chi connectivity index (χ0v) is 22.9. The van der Waals surface area contributed by atoms with Gasteiger partial charge in [0.1, 0.15) is 0 Å². The highest BCUT2D eigenvalue weighted by molar-refractivity contribution is 5.87. The van der Waals surface area contributed by atoms with E-state index in [1.807, 2.05) is 91.0 Å². The van der Waals surface area contributed by atoms with Crippen molar-refractivity contribution in [1.29, 1.82) is 0 Å². The summed E-state index contributed by atoms with van der Waals surface area (Å²) in [6.45, 7) is 0. The molecule has 0 aliphatic rings. The van der Waals surface area contributed by atoms with Crippen LogP contribution in [0.1, 0.15) is 0 Å². The van der Waals surface area contributed by atoms with Crippen LogP contribution in [0.4, 0.5) is 0 Å². The van der Waals surface area contributed by atoms with Crippen LogP contribution < -0.4 is 0 Å². The minimum Gasteiger partial charge on any atom is -0.416 e. The average molecular weight is 586 g/mol. The van der Waals surface area contributed by atoms with Crippen molar-refractivity contribution in [3.8, 4) is 34.4 Å². The summed E-state index contributed by atoms with van der Waals surface area (Å²) in [6, 6.07) is 28.2. The first-order chi connectivity index (χ1) is 22.2. The predicted octanol–water partition coefficient (Wildman–Crippen LogP) is 6.94. The van der Waals surface area contributed by atoms with Gasteiger partial charge in [0.05, 0.1) is 33.1 Å². The molecule has 0 fully saturated rings. The first-order valence-corrected chi connectivity index (χ1v) is 14.0. The molecule has 0 unspecified atom stereocenters. The highest BCUT2D eigenvalue weighted by Gasteiger charge is 2.20. The molecule has 0 spiro atoms. The fraction of sp³-hybridized carbons (Fsp3) is 0. The standard InChI is InChI=1S/C33H15N9O3/c1-4-10-22-19(7-1)34-25-31(37-22)43-28(40-25)16-13-17(29-41-26-32(44-29)38-23-11-5-2-8-20(23)35-26)15-18(14-16)30-42-27-33(45-30)39-24-12-6-3-9-21(24)36-27/h1-15H. The van der Waals surface area contributed by atoms with Crippen LogP contribution in [0, 0.1) is 0 Å². The lowest BCUT2D eigenvalue weighted by molar-refractivity contribution is 0.604. The molecule has 12 nitrogen and oxygen atoms in total. The van der Waals surface area contributed by atoms with E-state index < -0.39 is 0 Å². The number of rotatable bonds is 3. The van der Waals surface area contributed by atoms with E-state index in [1.165, 1.54) is 0 Å². The molecule has 10 aromatic rings. The minimum absolute atomic E-state index is 0.305. The number of para-hydroxylation sites is 6. The monoisotopic (exact) mass is 585 g/mol. The third kappa shape index (κ3) is 3.82. The molecule has 0 atom stereocenters. The van der Waals surface area contributed by atoms with E-state index in [1.54, 1.807) is 0 Å². The Morgan fingerprint density at radius 1 is 0.311 bits per heavy atom. The molecule has 0 saturated heterocycles. The van der Waals surface area contributed by atoms with Gasteiger partial charge in [-0.3, -0.25) is 0 Å². The van der Waals surface area contributed by atoms with E-state index in [0.29, 0.717) is 85.0 Å². The number of hydrogen-bond acceptors (Lipinski definition) is 12. The molecule has 0 amide bonds. The molecule has 6 heterocycles. The van der Waals surface area contributed by atoms with Crippen molar-refractivity contribution in [3.63, 3.8) is 0 Å². The van der Waals surface area contributed by atoms with Gasteiger partial charge in [-0.15, -0.1) is 0 Å². The molecule has 6 aromatic heterocycles. The molecule has 45 heavy (non-hydrogen) atoms. The summed E-state index contributed by atoms with van der Waals surface area (Å²) in [4.78, 5) is 41.7. The third-order valence-electron chi connectivity index (χ3n) is 7.44. The van der Waals surface area contributed by atoms with Crippen molar-refractivity contribution in [2.45, 2.75) is 0 Å². The number of hydrogen-bond donors (Lipinski definition) is 0. The minimum atomic E-state index is 0.305. The van der Waals surface area contributed by atoms with E-state index in [2.05, 4.69) is 44.9 Å². The average Bonchev–Trinajstić information content (AvgIpc) is 3.81.